The van der Waals surface area contributed by atoms with Gasteiger partial charge in [-0.25, -0.2) is 0 Å². The molecule has 2 fully saturated rings. The SMILES string of the molecule is Cc1cc2c(=O)c(C)c(N3CCC(C)(C)CC3)oc2c2c1-c1cc(CC3(C)CCN(c4oc5c6c(c(C)cc5c(=O)c4C)-c4cccc(-c5ccc7c(c5)C=NOB7O)c4N[C@@H]6C)CC3)cc(Br)c1N[C@@H]2C. The molecule has 7 aromatic rings. The Labute approximate surface area is 428 Å². The smallest absolute Gasteiger partial charge is 0.440 e. The molecule has 2 saturated heterocycles. The van der Waals surface area contributed by atoms with Gasteiger partial charge in [0.25, 0.3) is 0 Å². The molecular formula is C59H61BBrN5O6. The maximum atomic E-state index is 14.4. The summed E-state index contributed by atoms with van der Waals surface area (Å²) in [7, 11) is -1.09. The molecule has 11 nitrogen and oxygen atoms in total. The third-order valence-corrected chi connectivity index (χ3v) is 17.5. The molecule has 3 N–H and O–H groups in total. The summed E-state index contributed by atoms with van der Waals surface area (Å²) in [5.74, 6) is 1.36. The van der Waals surface area contributed by atoms with Crippen LogP contribution < -0.4 is 36.8 Å². The Balaban J connectivity index is 0.846. The van der Waals surface area contributed by atoms with Crippen molar-refractivity contribution in [3.05, 3.63) is 130 Å². The number of piperidine rings is 2. The number of para-hydroxylation sites is 1. The second-order valence-electron chi connectivity index (χ2n) is 22.6. The van der Waals surface area contributed by atoms with Gasteiger partial charge in [-0.15, -0.1) is 5.16 Å². The van der Waals surface area contributed by atoms with Crippen LogP contribution in [0.2, 0.25) is 0 Å². The zero-order chi connectivity index (χ0) is 50.3. The summed E-state index contributed by atoms with van der Waals surface area (Å²) in [6.07, 6.45) is 6.45. The standard InChI is InChI=1S/C59H61BBrN5O6/c1-30-23-42-53(68)33(4)57(70-54(42)48-34(5)63-50-39(11-10-12-40(50)46(30)48)37-13-14-44-38(27-37)29-62-72-60(44)69)66-21-17-59(9,18-22-66)28-36-25-41-47-31(2)24-43-52(67)32(3)56(65-19-15-58(7,8)16-20-65)71-55(43)49(47)35(6)64-51(41)45(61)26-36/h10-14,23-27,29,34-35,63-64,69H,15-22,28H2,1-9H3/t34-,35-/m1/s1. The van der Waals surface area contributed by atoms with Crippen LogP contribution in [0.3, 0.4) is 0 Å². The van der Waals surface area contributed by atoms with E-state index in [4.69, 9.17) is 13.6 Å². The van der Waals surface area contributed by atoms with E-state index < -0.39 is 7.12 Å². The molecule has 5 aromatic carbocycles. The number of rotatable bonds is 5. The molecule has 5 aliphatic heterocycles. The first-order valence-electron chi connectivity index (χ1n) is 25.6. The van der Waals surface area contributed by atoms with Crippen molar-refractivity contribution in [3.8, 4) is 33.4 Å². The van der Waals surface area contributed by atoms with Crippen LogP contribution in [0.25, 0.3) is 55.3 Å². The molecular weight excluding hydrogens is 965 g/mol. The number of fused-ring (bicyclic) bond motifs is 11. The first kappa shape index (κ1) is 46.7. The summed E-state index contributed by atoms with van der Waals surface area (Å²) in [4.78, 5) is 33.1. The Bertz CT molecular complexity index is 3620. The summed E-state index contributed by atoms with van der Waals surface area (Å²) in [6.45, 7) is 22.6. The van der Waals surface area contributed by atoms with Crippen molar-refractivity contribution in [2.45, 2.75) is 107 Å². The highest BCUT2D eigenvalue weighted by Gasteiger charge is 2.37. The number of benzene rings is 5. The van der Waals surface area contributed by atoms with E-state index in [9.17, 15) is 14.6 Å². The number of halogens is 1. The van der Waals surface area contributed by atoms with Crippen LogP contribution in [0.1, 0.15) is 117 Å². The van der Waals surface area contributed by atoms with E-state index in [0.717, 1.165) is 135 Å². The monoisotopic (exact) mass is 1030 g/mol. The fourth-order valence-electron chi connectivity index (χ4n) is 12.7. The van der Waals surface area contributed by atoms with Crippen LogP contribution in [-0.4, -0.2) is 44.5 Å². The molecule has 0 aliphatic carbocycles. The molecule has 0 radical (unpaired) electrons. The topological polar surface area (TPSA) is 133 Å². The Morgan fingerprint density at radius 1 is 0.722 bits per heavy atom. The molecule has 5 aliphatic rings. The zero-order valence-electron chi connectivity index (χ0n) is 42.7. The van der Waals surface area contributed by atoms with Crippen LogP contribution in [0.4, 0.5) is 23.1 Å². The molecule has 0 amide bonds. The van der Waals surface area contributed by atoms with Crippen LogP contribution in [0.15, 0.2) is 88.7 Å². The van der Waals surface area contributed by atoms with Gasteiger partial charge in [0.2, 0.25) is 11.8 Å². The Hall–Kier alpha value is -6.31. The second kappa shape index (κ2) is 16.9. The molecule has 0 bridgehead atoms. The lowest BCUT2D eigenvalue weighted by molar-refractivity contribution is 0.242. The van der Waals surface area contributed by atoms with Gasteiger partial charge in [-0.05, 0) is 170 Å². The van der Waals surface area contributed by atoms with Crippen molar-refractivity contribution in [2.75, 3.05) is 46.6 Å². The van der Waals surface area contributed by atoms with E-state index in [1.807, 2.05) is 44.2 Å². The number of hydrogen-bond donors (Lipinski definition) is 3. The molecule has 72 heavy (non-hydrogen) atoms. The summed E-state index contributed by atoms with van der Waals surface area (Å²) in [6, 6.07) is 20.7. The van der Waals surface area contributed by atoms with Crippen LogP contribution in [0.5, 0.6) is 0 Å². The predicted octanol–water partition coefficient (Wildman–Crippen LogP) is 12.4. The fourth-order valence-corrected chi connectivity index (χ4v) is 13.3. The first-order chi connectivity index (χ1) is 34.4. The first-order valence-corrected chi connectivity index (χ1v) is 26.4. The summed E-state index contributed by atoms with van der Waals surface area (Å²) < 4.78 is 20.1. The van der Waals surface area contributed by atoms with Gasteiger partial charge in [0.15, 0.2) is 10.9 Å². The quantitative estimate of drug-likeness (QED) is 0.143. The lowest BCUT2D eigenvalue weighted by atomic mass is 9.75. The van der Waals surface area contributed by atoms with Crippen LogP contribution >= 0.6 is 15.9 Å². The number of nitrogens with one attached hydrogen (secondary N) is 2. The van der Waals surface area contributed by atoms with Crippen molar-refractivity contribution < 1.29 is 18.6 Å². The zero-order valence-corrected chi connectivity index (χ0v) is 44.2. The van der Waals surface area contributed by atoms with E-state index in [1.54, 1.807) is 6.21 Å². The average Bonchev–Trinajstić information content (AvgIpc) is 3.34. The van der Waals surface area contributed by atoms with Gasteiger partial charge in [0.05, 0.1) is 51.6 Å². The Morgan fingerprint density at radius 2 is 1.28 bits per heavy atom. The molecule has 13 heteroatoms. The number of aryl methyl sites for hydroxylation is 2. The van der Waals surface area contributed by atoms with Crippen LogP contribution in [-0.2, 0) is 11.2 Å². The van der Waals surface area contributed by atoms with Crippen molar-refractivity contribution in [3.63, 3.8) is 0 Å². The second-order valence-corrected chi connectivity index (χ2v) is 23.4. The van der Waals surface area contributed by atoms with E-state index in [1.165, 1.54) is 5.56 Å². The lowest BCUT2D eigenvalue weighted by Gasteiger charge is -2.40. The maximum Gasteiger partial charge on any atom is 0.583 e. The lowest BCUT2D eigenvalue weighted by Crippen LogP contribution is -2.40. The van der Waals surface area contributed by atoms with Crippen molar-refractivity contribution in [1.82, 2.24) is 0 Å². The normalized spacial score (nSPS) is 19.5. The van der Waals surface area contributed by atoms with E-state index in [0.29, 0.717) is 50.3 Å². The molecule has 12 rings (SSSR count). The van der Waals surface area contributed by atoms with E-state index in [2.05, 4.69) is 120 Å². The molecule has 0 saturated carbocycles. The highest BCUT2D eigenvalue weighted by molar-refractivity contribution is 9.10. The number of anilines is 4. The Morgan fingerprint density at radius 3 is 1.89 bits per heavy atom. The number of nitrogens with zero attached hydrogens (tertiary/aromatic N) is 3. The third-order valence-electron chi connectivity index (χ3n) is 16.9. The molecule has 368 valence electrons. The summed E-state index contributed by atoms with van der Waals surface area (Å²) in [5, 5.41) is 23.1. The van der Waals surface area contributed by atoms with Crippen molar-refractivity contribution >= 4 is 79.8 Å². The predicted molar refractivity (Wildman–Crippen MR) is 297 cm³/mol. The summed E-state index contributed by atoms with van der Waals surface area (Å²) in [5.41, 5.74) is 18.3. The largest absolute Gasteiger partial charge is 0.583 e. The minimum absolute atomic E-state index is 0.00508. The van der Waals surface area contributed by atoms with Gasteiger partial charge in [0, 0.05) is 63.9 Å². The van der Waals surface area contributed by atoms with Crippen LogP contribution in [0, 0.1) is 38.5 Å². The Kier molecular flexibility index (Phi) is 11.0. The van der Waals surface area contributed by atoms with Crippen molar-refractivity contribution in [1.29, 1.82) is 0 Å². The van der Waals surface area contributed by atoms with E-state index in [-0.39, 0.29) is 33.8 Å². The van der Waals surface area contributed by atoms with Gasteiger partial charge in [0.1, 0.15) is 11.2 Å². The van der Waals surface area contributed by atoms with Gasteiger partial charge < -0.3 is 39.0 Å². The number of hydrogen-bond acceptors (Lipinski definition) is 11. The minimum atomic E-state index is -1.09. The van der Waals surface area contributed by atoms with Gasteiger partial charge in [-0.1, -0.05) is 51.1 Å². The van der Waals surface area contributed by atoms with E-state index >= 15 is 0 Å². The van der Waals surface area contributed by atoms with Gasteiger partial charge in [-0.2, -0.15) is 0 Å². The number of oxime groups is 1. The molecule has 7 heterocycles. The highest BCUT2D eigenvalue weighted by Crippen LogP contribution is 2.52. The molecule has 0 spiro atoms. The average molecular weight is 1030 g/mol. The maximum absolute atomic E-state index is 14.4. The highest BCUT2D eigenvalue weighted by atomic mass is 79.9. The molecule has 2 atom stereocenters. The minimum Gasteiger partial charge on any atom is -0.440 e. The fraction of sp³-hybridized carbons (Fsp3) is 0.373. The third kappa shape index (κ3) is 7.42. The van der Waals surface area contributed by atoms with Crippen molar-refractivity contribution in [2.24, 2.45) is 16.0 Å². The summed E-state index contributed by atoms with van der Waals surface area (Å²) >= 11 is 4.00. The van der Waals surface area contributed by atoms with Gasteiger partial charge >= 0.3 is 7.12 Å². The van der Waals surface area contributed by atoms with Gasteiger partial charge in [-0.3, -0.25) is 9.59 Å². The molecule has 2 aromatic heterocycles. The molecule has 0 unspecified atom stereocenters.